The molecule has 1 aliphatic heterocycles. The summed E-state index contributed by atoms with van der Waals surface area (Å²) in [6, 6.07) is 8.08. The first-order valence-electron chi connectivity index (χ1n) is 6.20. The zero-order chi connectivity index (χ0) is 13.1. The van der Waals surface area contributed by atoms with Gasteiger partial charge in [-0.05, 0) is 19.2 Å². The molecule has 1 aliphatic rings. The summed E-state index contributed by atoms with van der Waals surface area (Å²) in [5, 5.41) is 3.08. The van der Waals surface area contributed by atoms with Crippen LogP contribution in [0.25, 0.3) is 0 Å². The Bertz CT molecular complexity index is 559. The van der Waals surface area contributed by atoms with Gasteiger partial charge in [0.2, 0.25) is 0 Å². The summed E-state index contributed by atoms with van der Waals surface area (Å²) in [7, 11) is 1.91. The third-order valence-electron chi connectivity index (χ3n) is 2.90. The number of ether oxygens (including phenoxy) is 1. The van der Waals surface area contributed by atoms with Gasteiger partial charge in [-0.2, -0.15) is 0 Å². The summed E-state index contributed by atoms with van der Waals surface area (Å²) in [5.74, 6) is 2.52. The second-order valence-electron chi connectivity index (χ2n) is 4.34. The van der Waals surface area contributed by atoms with Crippen LogP contribution in [0.3, 0.4) is 0 Å². The first kappa shape index (κ1) is 12.4. The number of thioether (sulfide) groups is 1. The quantitative estimate of drug-likeness (QED) is 0.930. The highest BCUT2D eigenvalue weighted by atomic mass is 32.2. The van der Waals surface area contributed by atoms with Gasteiger partial charge in [-0.25, -0.2) is 9.97 Å². The molecule has 0 amide bonds. The molecule has 1 atom stereocenters. The number of aromatic nitrogens is 2. The molecule has 3 rings (SSSR count). The van der Waals surface area contributed by atoms with Crippen LogP contribution in [0.5, 0.6) is 5.75 Å². The van der Waals surface area contributed by atoms with E-state index in [2.05, 4.69) is 21.4 Å². The molecule has 2 heterocycles. The van der Waals surface area contributed by atoms with Crippen molar-refractivity contribution in [3.05, 3.63) is 48.0 Å². The molecule has 0 saturated heterocycles. The van der Waals surface area contributed by atoms with Crippen molar-refractivity contribution >= 4 is 11.8 Å². The van der Waals surface area contributed by atoms with Crippen molar-refractivity contribution in [3.8, 4) is 5.75 Å². The van der Waals surface area contributed by atoms with Crippen LogP contribution >= 0.6 is 11.8 Å². The van der Waals surface area contributed by atoms with Crippen LogP contribution < -0.4 is 10.1 Å². The fourth-order valence-corrected chi connectivity index (χ4v) is 2.95. The molecule has 19 heavy (non-hydrogen) atoms. The molecule has 0 bridgehead atoms. The molecule has 2 aromatic rings. The molecule has 5 heteroatoms. The summed E-state index contributed by atoms with van der Waals surface area (Å²) in [4.78, 5) is 9.99. The average molecular weight is 273 g/mol. The zero-order valence-corrected chi connectivity index (χ0v) is 11.5. The maximum absolute atomic E-state index is 5.96. The lowest BCUT2D eigenvalue weighted by Gasteiger charge is -2.24. The minimum atomic E-state index is -0.0662. The fourth-order valence-electron chi connectivity index (χ4n) is 1.97. The summed E-state index contributed by atoms with van der Waals surface area (Å²) in [6.07, 6.45) is 3.64. The number of fused-ring (bicyclic) bond motifs is 1. The van der Waals surface area contributed by atoms with E-state index in [1.165, 1.54) is 4.90 Å². The molecule has 1 N–H and O–H groups in total. The van der Waals surface area contributed by atoms with Crippen LogP contribution in [-0.2, 0) is 6.54 Å². The number of nitrogens with one attached hydrogen (secondary N) is 1. The largest absolute Gasteiger partial charge is 0.480 e. The van der Waals surface area contributed by atoms with Crippen molar-refractivity contribution in [2.75, 3.05) is 12.8 Å². The van der Waals surface area contributed by atoms with Crippen molar-refractivity contribution in [1.82, 2.24) is 15.3 Å². The smallest absolute Gasteiger partial charge is 0.170 e. The Morgan fingerprint density at radius 1 is 1.32 bits per heavy atom. The van der Waals surface area contributed by atoms with E-state index in [1.807, 2.05) is 37.6 Å². The maximum atomic E-state index is 5.96. The highest BCUT2D eigenvalue weighted by Crippen LogP contribution is 2.39. The molecule has 0 saturated carbocycles. The van der Waals surface area contributed by atoms with Crippen LogP contribution in [-0.4, -0.2) is 22.8 Å². The first-order chi connectivity index (χ1) is 9.36. The molecular weight excluding hydrogens is 258 g/mol. The number of hydrogen-bond acceptors (Lipinski definition) is 5. The standard InChI is InChI=1S/C14H15N3OS/c1-15-6-10-7-16-14(17-8-10)12-9-19-13-5-3-2-4-11(13)18-12/h2-5,7-8,12,15H,6,9H2,1H3. The minimum absolute atomic E-state index is 0.0662. The lowest BCUT2D eigenvalue weighted by atomic mass is 10.3. The van der Waals surface area contributed by atoms with Gasteiger partial charge in [0.1, 0.15) is 5.75 Å². The molecule has 4 nitrogen and oxygen atoms in total. The van der Waals surface area contributed by atoms with Crippen LogP contribution in [0.1, 0.15) is 17.5 Å². The van der Waals surface area contributed by atoms with E-state index in [9.17, 15) is 0 Å². The van der Waals surface area contributed by atoms with Crippen LogP contribution in [0.15, 0.2) is 41.6 Å². The molecule has 98 valence electrons. The van der Waals surface area contributed by atoms with Crippen LogP contribution in [0.4, 0.5) is 0 Å². The Morgan fingerprint density at radius 2 is 2.11 bits per heavy atom. The summed E-state index contributed by atoms with van der Waals surface area (Å²) in [6.45, 7) is 0.781. The molecule has 0 aliphatic carbocycles. The van der Waals surface area contributed by atoms with E-state index in [4.69, 9.17) is 4.74 Å². The molecule has 1 unspecified atom stereocenters. The predicted molar refractivity (Wildman–Crippen MR) is 75.3 cm³/mol. The van der Waals surface area contributed by atoms with Crippen molar-refractivity contribution in [2.24, 2.45) is 0 Å². The first-order valence-corrected chi connectivity index (χ1v) is 7.19. The topological polar surface area (TPSA) is 47.0 Å². The molecule has 0 spiro atoms. The Balaban J connectivity index is 1.77. The van der Waals surface area contributed by atoms with Gasteiger partial charge < -0.3 is 10.1 Å². The van der Waals surface area contributed by atoms with Crippen molar-refractivity contribution < 1.29 is 4.74 Å². The second kappa shape index (κ2) is 5.59. The van der Waals surface area contributed by atoms with E-state index < -0.39 is 0 Å². The van der Waals surface area contributed by atoms with Gasteiger partial charge in [0.05, 0.1) is 0 Å². The van der Waals surface area contributed by atoms with Crippen molar-refractivity contribution in [1.29, 1.82) is 0 Å². The lowest BCUT2D eigenvalue weighted by molar-refractivity contribution is 0.210. The zero-order valence-electron chi connectivity index (χ0n) is 10.7. The number of benzene rings is 1. The lowest BCUT2D eigenvalue weighted by Crippen LogP contribution is -2.18. The second-order valence-corrected chi connectivity index (χ2v) is 5.41. The van der Waals surface area contributed by atoms with E-state index in [0.29, 0.717) is 0 Å². The maximum Gasteiger partial charge on any atom is 0.170 e. The van der Waals surface area contributed by atoms with Gasteiger partial charge in [0.15, 0.2) is 11.9 Å². The summed E-state index contributed by atoms with van der Waals surface area (Å²) < 4.78 is 5.96. The molecular formula is C14H15N3OS. The number of nitrogens with zero attached hydrogens (tertiary/aromatic N) is 2. The van der Waals surface area contributed by atoms with E-state index >= 15 is 0 Å². The SMILES string of the molecule is CNCc1cnc(C2CSc3ccccc3O2)nc1. The fraction of sp³-hybridized carbons (Fsp3) is 0.286. The molecule has 0 radical (unpaired) electrons. The Hall–Kier alpha value is -1.59. The highest BCUT2D eigenvalue weighted by Gasteiger charge is 2.23. The van der Waals surface area contributed by atoms with E-state index in [1.54, 1.807) is 11.8 Å². The number of para-hydroxylation sites is 1. The summed E-state index contributed by atoms with van der Waals surface area (Å²) in [5.41, 5.74) is 1.08. The number of rotatable bonds is 3. The third-order valence-corrected chi connectivity index (χ3v) is 4.02. The Kier molecular flexibility index (Phi) is 3.66. The van der Waals surface area contributed by atoms with Crippen LogP contribution in [0, 0.1) is 0 Å². The normalized spacial score (nSPS) is 17.6. The van der Waals surface area contributed by atoms with Crippen molar-refractivity contribution in [2.45, 2.75) is 17.5 Å². The molecule has 1 aromatic carbocycles. The van der Waals surface area contributed by atoms with Gasteiger partial charge >= 0.3 is 0 Å². The summed E-state index contributed by atoms with van der Waals surface area (Å²) >= 11 is 1.79. The van der Waals surface area contributed by atoms with Gasteiger partial charge in [0, 0.05) is 35.2 Å². The Morgan fingerprint density at radius 3 is 2.89 bits per heavy atom. The van der Waals surface area contributed by atoms with E-state index in [0.717, 1.165) is 29.4 Å². The average Bonchev–Trinajstić information content (AvgIpc) is 2.48. The highest BCUT2D eigenvalue weighted by molar-refractivity contribution is 7.99. The van der Waals surface area contributed by atoms with E-state index in [-0.39, 0.29) is 6.10 Å². The van der Waals surface area contributed by atoms with Gasteiger partial charge in [-0.15, -0.1) is 11.8 Å². The monoisotopic (exact) mass is 273 g/mol. The van der Waals surface area contributed by atoms with Crippen molar-refractivity contribution in [3.63, 3.8) is 0 Å². The number of hydrogen-bond donors (Lipinski definition) is 1. The minimum Gasteiger partial charge on any atom is -0.480 e. The van der Waals surface area contributed by atoms with Crippen LogP contribution in [0.2, 0.25) is 0 Å². The molecule has 0 fully saturated rings. The van der Waals surface area contributed by atoms with Gasteiger partial charge in [0.25, 0.3) is 0 Å². The van der Waals surface area contributed by atoms with Gasteiger partial charge in [-0.1, -0.05) is 12.1 Å². The Labute approximate surface area is 116 Å². The molecule has 1 aromatic heterocycles. The van der Waals surface area contributed by atoms with Gasteiger partial charge in [-0.3, -0.25) is 0 Å². The predicted octanol–water partition coefficient (Wildman–Crippen LogP) is 2.42. The third kappa shape index (κ3) is 2.72.